The molecule has 0 unspecified atom stereocenters. The predicted octanol–water partition coefficient (Wildman–Crippen LogP) is 4.89. The van der Waals surface area contributed by atoms with Gasteiger partial charge in [-0.1, -0.05) is 35.8 Å². The highest BCUT2D eigenvalue weighted by molar-refractivity contribution is 9.10. The molecule has 0 spiro atoms. The van der Waals surface area contributed by atoms with E-state index in [4.69, 9.17) is 0 Å². The first kappa shape index (κ1) is 16.5. The zero-order chi connectivity index (χ0) is 15.2. The van der Waals surface area contributed by atoms with Crippen LogP contribution in [0.1, 0.15) is 25.0 Å². The Hall–Kier alpha value is -0.840. The van der Waals surface area contributed by atoms with Gasteiger partial charge in [-0.25, -0.2) is 0 Å². The minimum absolute atomic E-state index is 0.680. The van der Waals surface area contributed by atoms with E-state index >= 15 is 0 Å². The van der Waals surface area contributed by atoms with Crippen molar-refractivity contribution in [3.63, 3.8) is 0 Å². The maximum atomic E-state index is 3.70. The van der Waals surface area contributed by atoms with E-state index in [2.05, 4.69) is 82.1 Å². The molecular weight excluding hydrogens is 344 g/mol. The van der Waals surface area contributed by atoms with E-state index < -0.39 is 0 Å². The van der Waals surface area contributed by atoms with Crippen molar-refractivity contribution in [2.45, 2.75) is 26.9 Å². The van der Waals surface area contributed by atoms with Crippen molar-refractivity contribution in [2.75, 3.05) is 18.5 Å². The van der Waals surface area contributed by atoms with Gasteiger partial charge in [0.15, 0.2) is 0 Å². The number of hydrogen-bond donors (Lipinski definition) is 1. The summed E-state index contributed by atoms with van der Waals surface area (Å²) in [7, 11) is 2.14. The molecule has 2 nitrogen and oxygen atoms in total. The average Bonchev–Trinajstić information content (AvgIpc) is 2.93. The number of nitrogens with one attached hydrogen (secondary N) is 1. The summed E-state index contributed by atoms with van der Waals surface area (Å²) >= 11 is 5.45. The molecule has 1 heterocycles. The van der Waals surface area contributed by atoms with Crippen molar-refractivity contribution in [1.29, 1.82) is 0 Å². The zero-order valence-corrected chi connectivity index (χ0v) is 15.3. The standard InChI is InChI=1S/C17H23BrN2S/c1-13(2)9-19-10-15-4-5-16(8-17(15)18)20(3)11-14-6-7-21-12-14/h4-8,12-13,19H,9-11H2,1-3H3. The first-order valence-electron chi connectivity index (χ1n) is 7.27. The molecule has 0 aliphatic heterocycles. The number of hydrogen-bond acceptors (Lipinski definition) is 3. The topological polar surface area (TPSA) is 15.3 Å². The van der Waals surface area contributed by atoms with Gasteiger partial charge < -0.3 is 10.2 Å². The van der Waals surface area contributed by atoms with Crippen LogP contribution in [0, 0.1) is 5.92 Å². The van der Waals surface area contributed by atoms with Crippen molar-refractivity contribution < 1.29 is 0 Å². The smallest absolute Gasteiger partial charge is 0.0434 e. The molecule has 2 aromatic rings. The van der Waals surface area contributed by atoms with Gasteiger partial charge in [0.1, 0.15) is 0 Å². The third-order valence-electron chi connectivity index (χ3n) is 3.35. The van der Waals surface area contributed by atoms with Crippen molar-refractivity contribution in [1.82, 2.24) is 5.32 Å². The molecule has 0 fully saturated rings. The van der Waals surface area contributed by atoms with Gasteiger partial charge in [0.05, 0.1) is 0 Å². The van der Waals surface area contributed by atoms with Crippen LogP contribution >= 0.6 is 27.3 Å². The Bertz CT molecular complexity index is 552. The lowest BCUT2D eigenvalue weighted by atomic mass is 10.1. The van der Waals surface area contributed by atoms with E-state index in [0.29, 0.717) is 5.92 Å². The molecule has 1 aromatic heterocycles. The summed E-state index contributed by atoms with van der Waals surface area (Å²) in [5, 5.41) is 7.82. The lowest BCUT2D eigenvalue weighted by Crippen LogP contribution is -2.19. The number of nitrogens with zero attached hydrogens (tertiary/aromatic N) is 1. The van der Waals surface area contributed by atoms with Gasteiger partial charge in [-0.2, -0.15) is 11.3 Å². The largest absolute Gasteiger partial charge is 0.370 e. The fourth-order valence-electron chi connectivity index (χ4n) is 2.16. The maximum Gasteiger partial charge on any atom is 0.0434 e. The zero-order valence-electron chi connectivity index (χ0n) is 12.9. The highest BCUT2D eigenvalue weighted by Gasteiger charge is 2.06. The molecule has 0 aliphatic carbocycles. The fourth-order valence-corrected chi connectivity index (χ4v) is 3.33. The summed E-state index contributed by atoms with van der Waals surface area (Å²) in [4.78, 5) is 2.28. The SMILES string of the molecule is CC(C)CNCc1ccc(N(C)Cc2ccsc2)cc1Br. The minimum Gasteiger partial charge on any atom is -0.370 e. The van der Waals surface area contributed by atoms with Crippen molar-refractivity contribution in [3.8, 4) is 0 Å². The van der Waals surface area contributed by atoms with Crippen LogP contribution in [0.15, 0.2) is 39.5 Å². The third kappa shape index (κ3) is 5.13. The van der Waals surface area contributed by atoms with Crippen molar-refractivity contribution in [3.05, 3.63) is 50.6 Å². The molecule has 0 atom stereocenters. The van der Waals surface area contributed by atoms with Crippen molar-refractivity contribution >= 4 is 33.0 Å². The molecule has 114 valence electrons. The Morgan fingerprint density at radius 3 is 2.71 bits per heavy atom. The van der Waals surface area contributed by atoms with E-state index in [0.717, 1.165) is 19.6 Å². The van der Waals surface area contributed by atoms with E-state index in [1.54, 1.807) is 11.3 Å². The molecule has 1 aromatic carbocycles. The molecule has 21 heavy (non-hydrogen) atoms. The van der Waals surface area contributed by atoms with Crippen LogP contribution in [0.2, 0.25) is 0 Å². The molecule has 0 radical (unpaired) electrons. The van der Waals surface area contributed by atoms with Crippen LogP contribution in [-0.2, 0) is 13.1 Å². The van der Waals surface area contributed by atoms with Gasteiger partial charge >= 0.3 is 0 Å². The second-order valence-electron chi connectivity index (χ2n) is 5.79. The van der Waals surface area contributed by atoms with Crippen molar-refractivity contribution in [2.24, 2.45) is 5.92 Å². The predicted molar refractivity (Wildman–Crippen MR) is 97.1 cm³/mol. The van der Waals surface area contributed by atoms with Gasteiger partial charge in [-0.3, -0.25) is 0 Å². The molecule has 0 saturated heterocycles. The first-order valence-corrected chi connectivity index (χ1v) is 9.01. The lowest BCUT2D eigenvalue weighted by molar-refractivity contribution is 0.552. The lowest BCUT2D eigenvalue weighted by Gasteiger charge is -2.20. The highest BCUT2D eigenvalue weighted by Crippen LogP contribution is 2.25. The number of thiophene rings is 1. The van der Waals surface area contributed by atoms with E-state index in [1.165, 1.54) is 21.3 Å². The third-order valence-corrected chi connectivity index (χ3v) is 4.82. The van der Waals surface area contributed by atoms with Gasteiger partial charge in [-0.15, -0.1) is 0 Å². The normalized spacial score (nSPS) is 11.1. The van der Waals surface area contributed by atoms with Crippen LogP contribution in [0.5, 0.6) is 0 Å². The minimum atomic E-state index is 0.680. The second-order valence-corrected chi connectivity index (χ2v) is 7.42. The second kappa shape index (κ2) is 7.97. The Labute approximate surface area is 140 Å². The number of benzene rings is 1. The van der Waals surface area contributed by atoms with Gasteiger partial charge in [-0.05, 0) is 52.5 Å². The molecule has 2 rings (SSSR count). The average molecular weight is 367 g/mol. The monoisotopic (exact) mass is 366 g/mol. The Morgan fingerprint density at radius 2 is 2.10 bits per heavy atom. The molecule has 1 N–H and O–H groups in total. The fraction of sp³-hybridized carbons (Fsp3) is 0.412. The van der Waals surface area contributed by atoms with E-state index in [1.807, 2.05) is 0 Å². The van der Waals surface area contributed by atoms with Crippen LogP contribution in [0.3, 0.4) is 0 Å². The van der Waals surface area contributed by atoms with Gasteiger partial charge in [0.2, 0.25) is 0 Å². The Morgan fingerprint density at radius 1 is 1.29 bits per heavy atom. The van der Waals surface area contributed by atoms with Crippen LogP contribution in [0.4, 0.5) is 5.69 Å². The van der Waals surface area contributed by atoms with Gasteiger partial charge in [0.25, 0.3) is 0 Å². The van der Waals surface area contributed by atoms with Crippen LogP contribution in [-0.4, -0.2) is 13.6 Å². The number of anilines is 1. The molecule has 0 amide bonds. The molecular formula is C17H23BrN2S. The first-order chi connectivity index (χ1) is 10.1. The molecule has 4 heteroatoms. The molecule has 0 bridgehead atoms. The molecule has 0 aliphatic rings. The summed E-state index contributed by atoms with van der Waals surface area (Å²) in [5.74, 6) is 0.680. The van der Waals surface area contributed by atoms with Gasteiger partial charge in [0, 0.05) is 30.3 Å². The van der Waals surface area contributed by atoms with E-state index in [9.17, 15) is 0 Å². The summed E-state index contributed by atoms with van der Waals surface area (Å²) in [6.45, 7) is 7.36. The quantitative estimate of drug-likeness (QED) is 0.749. The number of halogens is 1. The molecule has 0 saturated carbocycles. The Balaban J connectivity index is 1.97. The summed E-state index contributed by atoms with van der Waals surface area (Å²) < 4.78 is 1.17. The summed E-state index contributed by atoms with van der Waals surface area (Å²) in [5.41, 5.74) is 3.91. The number of rotatable bonds is 7. The summed E-state index contributed by atoms with van der Waals surface area (Å²) in [6, 6.07) is 8.79. The Kier molecular flexibility index (Phi) is 6.27. The highest BCUT2D eigenvalue weighted by atomic mass is 79.9. The maximum absolute atomic E-state index is 3.70. The van der Waals surface area contributed by atoms with Crippen LogP contribution < -0.4 is 10.2 Å². The van der Waals surface area contributed by atoms with Crippen LogP contribution in [0.25, 0.3) is 0 Å². The van der Waals surface area contributed by atoms with E-state index in [-0.39, 0.29) is 0 Å². The summed E-state index contributed by atoms with van der Waals surface area (Å²) in [6.07, 6.45) is 0.